The van der Waals surface area contributed by atoms with Gasteiger partial charge in [-0.1, -0.05) is 25.4 Å². The van der Waals surface area contributed by atoms with Crippen LogP contribution in [0, 0.1) is 5.92 Å². The van der Waals surface area contributed by atoms with Gasteiger partial charge in [-0.25, -0.2) is 4.98 Å². The average molecular weight is 257 g/mol. The van der Waals surface area contributed by atoms with Crippen LogP contribution < -0.4 is 5.32 Å². The zero-order valence-corrected chi connectivity index (χ0v) is 11.6. The molecule has 96 valence electrons. The van der Waals surface area contributed by atoms with E-state index in [-0.39, 0.29) is 12.0 Å². The van der Waals surface area contributed by atoms with E-state index in [1.165, 1.54) is 0 Å². The van der Waals surface area contributed by atoms with Crippen molar-refractivity contribution in [2.75, 3.05) is 6.54 Å². The first-order valence-corrected chi connectivity index (χ1v) is 6.28. The van der Waals surface area contributed by atoms with Crippen LogP contribution in [-0.4, -0.2) is 22.2 Å². The smallest absolute Gasteiger partial charge is 0.129 e. The van der Waals surface area contributed by atoms with Crippen LogP contribution in [0.1, 0.15) is 39.3 Å². The maximum Gasteiger partial charge on any atom is 0.129 e. The summed E-state index contributed by atoms with van der Waals surface area (Å²) in [6.07, 6.45) is 1.69. The largest absolute Gasteiger partial charge is 0.389 e. The summed E-state index contributed by atoms with van der Waals surface area (Å²) >= 11 is 5.84. The first-order chi connectivity index (χ1) is 7.83. The second-order valence-corrected chi connectivity index (χ2v) is 5.41. The maximum absolute atomic E-state index is 10.1. The maximum atomic E-state index is 10.1. The SMILES string of the molecule is CC(NCC(C)(O)C(C)C)c1ccnc(Cl)c1. The van der Waals surface area contributed by atoms with Crippen molar-refractivity contribution in [1.82, 2.24) is 10.3 Å². The van der Waals surface area contributed by atoms with Gasteiger partial charge in [0.15, 0.2) is 0 Å². The van der Waals surface area contributed by atoms with Gasteiger partial charge in [0.25, 0.3) is 0 Å². The lowest BCUT2D eigenvalue weighted by atomic mass is 9.92. The van der Waals surface area contributed by atoms with E-state index in [4.69, 9.17) is 11.6 Å². The molecule has 0 bridgehead atoms. The van der Waals surface area contributed by atoms with E-state index in [9.17, 15) is 5.11 Å². The fourth-order valence-corrected chi connectivity index (χ4v) is 1.55. The molecular formula is C13H21ClN2O. The molecule has 1 aromatic rings. The number of nitrogens with one attached hydrogen (secondary N) is 1. The summed E-state index contributed by atoms with van der Waals surface area (Å²) in [6.45, 7) is 8.45. The third-order valence-electron chi connectivity index (χ3n) is 3.26. The zero-order valence-electron chi connectivity index (χ0n) is 10.9. The monoisotopic (exact) mass is 256 g/mol. The van der Waals surface area contributed by atoms with Crippen molar-refractivity contribution in [2.24, 2.45) is 5.92 Å². The average Bonchev–Trinajstić information content (AvgIpc) is 2.25. The topological polar surface area (TPSA) is 45.1 Å². The molecule has 2 N–H and O–H groups in total. The minimum absolute atomic E-state index is 0.140. The molecule has 1 heterocycles. The molecular weight excluding hydrogens is 236 g/mol. The Morgan fingerprint density at radius 3 is 2.65 bits per heavy atom. The highest BCUT2D eigenvalue weighted by molar-refractivity contribution is 6.29. The molecule has 4 heteroatoms. The highest BCUT2D eigenvalue weighted by Gasteiger charge is 2.25. The fourth-order valence-electron chi connectivity index (χ4n) is 1.37. The van der Waals surface area contributed by atoms with Gasteiger partial charge < -0.3 is 10.4 Å². The highest BCUT2D eigenvalue weighted by Crippen LogP contribution is 2.19. The predicted octanol–water partition coefficient (Wildman–Crippen LogP) is 2.79. The van der Waals surface area contributed by atoms with Crippen LogP contribution in [0.2, 0.25) is 5.15 Å². The third kappa shape index (κ3) is 4.26. The Kier molecular flexibility index (Phi) is 4.92. The second kappa shape index (κ2) is 5.80. The van der Waals surface area contributed by atoms with Gasteiger partial charge in [0.05, 0.1) is 5.60 Å². The Morgan fingerprint density at radius 2 is 2.12 bits per heavy atom. The van der Waals surface area contributed by atoms with Gasteiger partial charge in [0, 0.05) is 18.8 Å². The molecule has 2 unspecified atom stereocenters. The summed E-state index contributed by atoms with van der Waals surface area (Å²) in [4.78, 5) is 3.95. The van der Waals surface area contributed by atoms with Crippen LogP contribution in [-0.2, 0) is 0 Å². The van der Waals surface area contributed by atoms with Crippen molar-refractivity contribution in [3.05, 3.63) is 29.0 Å². The molecule has 0 amide bonds. The lowest BCUT2D eigenvalue weighted by Gasteiger charge is -2.29. The van der Waals surface area contributed by atoms with Crippen molar-refractivity contribution >= 4 is 11.6 Å². The molecule has 0 aromatic carbocycles. The lowest BCUT2D eigenvalue weighted by Crippen LogP contribution is -2.42. The standard InChI is InChI=1S/C13H21ClN2O/c1-9(2)13(4,17)8-16-10(3)11-5-6-15-12(14)7-11/h5-7,9-10,16-17H,8H2,1-4H3. The summed E-state index contributed by atoms with van der Waals surface area (Å²) in [7, 11) is 0. The van der Waals surface area contributed by atoms with Crippen molar-refractivity contribution < 1.29 is 5.11 Å². The van der Waals surface area contributed by atoms with Crippen LogP contribution >= 0.6 is 11.6 Å². The number of nitrogens with zero attached hydrogens (tertiary/aromatic N) is 1. The fraction of sp³-hybridized carbons (Fsp3) is 0.615. The van der Waals surface area contributed by atoms with Crippen LogP contribution in [0.5, 0.6) is 0 Å². The van der Waals surface area contributed by atoms with Crippen molar-refractivity contribution in [2.45, 2.75) is 39.3 Å². The Hall–Kier alpha value is -0.640. The van der Waals surface area contributed by atoms with Gasteiger partial charge in [0.1, 0.15) is 5.15 Å². The minimum Gasteiger partial charge on any atom is -0.389 e. The Morgan fingerprint density at radius 1 is 1.47 bits per heavy atom. The Bertz CT molecular complexity index is 366. The zero-order chi connectivity index (χ0) is 13.1. The van der Waals surface area contributed by atoms with Gasteiger partial charge in [0.2, 0.25) is 0 Å². The number of hydrogen-bond acceptors (Lipinski definition) is 3. The molecule has 0 spiro atoms. The van der Waals surface area contributed by atoms with E-state index in [0.717, 1.165) is 5.56 Å². The number of halogens is 1. The molecule has 1 aromatic heterocycles. The summed E-state index contributed by atoms with van der Waals surface area (Å²) in [5, 5.41) is 13.9. The van der Waals surface area contributed by atoms with Crippen LogP contribution in [0.25, 0.3) is 0 Å². The summed E-state index contributed by atoms with van der Waals surface area (Å²) < 4.78 is 0. The summed E-state index contributed by atoms with van der Waals surface area (Å²) in [5.41, 5.74) is 0.370. The molecule has 17 heavy (non-hydrogen) atoms. The van der Waals surface area contributed by atoms with Crippen LogP contribution in [0.3, 0.4) is 0 Å². The Balaban J connectivity index is 2.59. The number of pyridine rings is 1. The normalized spacial score (nSPS) is 16.9. The third-order valence-corrected chi connectivity index (χ3v) is 3.47. The predicted molar refractivity (Wildman–Crippen MR) is 71.1 cm³/mol. The van der Waals surface area contributed by atoms with E-state index in [0.29, 0.717) is 11.7 Å². The summed E-state index contributed by atoms with van der Waals surface area (Å²) in [5.74, 6) is 0.211. The molecule has 0 aliphatic rings. The number of aromatic nitrogens is 1. The molecule has 0 aliphatic heterocycles. The van der Waals surface area contributed by atoms with E-state index < -0.39 is 5.60 Å². The highest BCUT2D eigenvalue weighted by atomic mass is 35.5. The summed E-state index contributed by atoms with van der Waals surface area (Å²) in [6, 6.07) is 3.90. The van der Waals surface area contributed by atoms with E-state index in [1.54, 1.807) is 6.20 Å². The van der Waals surface area contributed by atoms with Gasteiger partial charge in [-0.05, 0) is 37.5 Å². The van der Waals surface area contributed by atoms with Gasteiger partial charge in [-0.2, -0.15) is 0 Å². The van der Waals surface area contributed by atoms with Crippen molar-refractivity contribution in [3.8, 4) is 0 Å². The number of hydrogen-bond donors (Lipinski definition) is 2. The molecule has 2 atom stereocenters. The molecule has 3 nitrogen and oxygen atoms in total. The molecule has 0 saturated carbocycles. The molecule has 0 radical (unpaired) electrons. The van der Waals surface area contributed by atoms with Gasteiger partial charge >= 0.3 is 0 Å². The Labute approximate surface area is 108 Å². The molecule has 1 rings (SSSR count). The number of rotatable bonds is 5. The van der Waals surface area contributed by atoms with Gasteiger partial charge in [-0.3, -0.25) is 0 Å². The van der Waals surface area contributed by atoms with E-state index in [2.05, 4.69) is 10.3 Å². The van der Waals surface area contributed by atoms with Crippen molar-refractivity contribution in [1.29, 1.82) is 0 Å². The van der Waals surface area contributed by atoms with Gasteiger partial charge in [-0.15, -0.1) is 0 Å². The molecule has 0 aliphatic carbocycles. The quantitative estimate of drug-likeness (QED) is 0.797. The van der Waals surface area contributed by atoms with Crippen LogP contribution in [0.15, 0.2) is 18.3 Å². The molecule has 0 fully saturated rings. The van der Waals surface area contributed by atoms with Crippen LogP contribution in [0.4, 0.5) is 0 Å². The molecule has 0 saturated heterocycles. The van der Waals surface area contributed by atoms with Crippen molar-refractivity contribution in [3.63, 3.8) is 0 Å². The minimum atomic E-state index is -0.703. The number of aliphatic hydroxyl groups is 1. The van der Waals surface area contributed by atoms with E-state index in [1.807, 2.05) is 39.8 Å². The van der Waals surface area contributed by atoms with E-state index >= 15 is 0 Å². The lowest BCUT2D eigenvalue weighted by molar-refractivity contribution is 0.0122. The second-order valence-electron chi connectivity index (χ2n) is 5.03. The first kappa shape index (κ1) is 14.4. The first-order valence-electron chi connectivity index (χ1n) is 5.90.